The molecule has 0 radical (unpaired) electrons. The summed E-state index contributed by atoms with van der Waals surface area (Å²) in [5, 5.41) is 2.91. The van der Waals surface area contributed by atoms with Crippen molar-refractivity contribution in [3.8, 4) is 0 Å². The minimum atomic E-state index is -4.31. The Hall–Kier alpha value is -4.21. The molecule has 2 amide bonds. The maximum Gasteiger partial charge on any atom is 0.264 e. The lowest BCUT2D eigenvalue weighted by Gasteiger charge is -2.35. The van der Waals surface area contributed by atoms with Crippen LogP contribution >= 0.6 is 11.6 Å². The second kappa shape index (κ2) is 15.4. The van der Waals surface area contributed by atoms with Gasteiger partial charge in [0, 0.05) is 19.0 Å². The zero-order valence-corrected chi connectivity index (χ0v) is 27.0. The van der Waals surface area contributed by atoms with Crippen LogP contribution in [-0.2, 0) is 32.6 Å². The number of anilines is 1. The van der Waals surface area contributed by atoms with Gasteiger partial charge in [0.2, 0.25) is 11.8 Å². The predicted molar refractivity (Wildman–Crippen MR) is 178 cm³/mol. The van der Waals surface area contributed by atoms with Crippen molar-refractivity contribution in [3.63, 3.8) is 0 Å². The van der Waals surface area contributed by atoms with Crippen LogP contribution in [-0.4, -0.2) is 43.8 Å². The number of amides is 2. The van der Waals surface area contributed by atoms with Gasteiger partial charge < -0.3 is 10.2 Å². The molecule has 0 heterocycles. The molecule has 1 N–H and O–H groups in total. The molecule has 10 heteroatoms. The second-order valence-corrected chi connectivity index (χ2v) is 13.7. The van der Waals surface area contributed by atoms with E-state index in [4.69, 9.17) is 11.6 Å². The number of nitrogens with zero attached hydrogens (tertiary/aromatic N) is 2. The highest BCUT2D eigenvalue weighted by Gasteiger charge is 2.35. The molecular weight excluding hydrogens is 625 g/mol. The molecule has 0 spiro atoms. The van der Waals surface area contributed by atoms with Gasteiger partial charge in [-0.1, -0.05) is 110 Å². The standard InChI is InChI=1S/C36H37ClFN3O4S/c37-32-24-30(21-22-33(32)38)41(46(44,45)31-19-11-4-12-20-31)26-35(42)40(25-28-15-7-2-8-16-28)34(23-27-13-5-1-6-14-27)36(43)39-29-17-9-3-10-18-29/h1-2,4-8,11-16,19-22,24,29,34H,3,9-10,17-18,23,25-26H2,(H,39,43)/t34-/m1/s1. The fraction of sp³-hybridized carbons (Fsp3) is 0.278. The quantitative estimate of drug-likeness (QED) is 0.182. The van der Waals surface area contributed by atoms with Crippen molar-refractivity contribution >= 4 is 39.1 Å². The molecule has 5 rings (SSSR count). The average molecular weight is 662 g/mol. The highest BCUT2D eigenvalue weighted by atomic mass is 35.5. The number of carbonyl (C=O) groups excluding carboxylic acids is 2. The van der Waals surface area contributed by atoms with E-state index in [9.17, 15) is 22.4 Å². The average Bonchev–Trinajstić information content (AvgIpc) is 3.08. The summed E-state index contributed by atoms with van der Waals surface area (Å²) in [5.74, 6) is -1.60. The molecule has 1 aliphatic carbocycles. The van der Waals surface area contributed by atoms with E-state index < -0.39 is 34.3 Å². The first-order chi connectivity index (χ1) is 22.2. The summed E-state index contributed by atoms with van der Waals surface area (Å²) in [6.45, 7) is -0.577. The molecule has 7 nitrogen and oxygen atoms in total. The zero-order chi connectivity index (χ0) is 32.5. The first kappa shape index (κ1) is 33.2. The minimum absolute atomic E-state index is 0.00418. The summed E-state index contributed by atoms with van der Waals surface area (Å²) in [6, 6.07) is 29.0. The third-order valence-corrected chi connectivity index (χ3v) is 10.3. The number of rotatable bonds is 12. The van der Waals surface area contributed by atoms with Gasteiger partial charge in [-0.3, -0.25) is 13.9 Å². The van der Waals surface area contributed by atoms with Crippen molar-refractivity contribution in [3.05, 3.63) is 131 Å². The summed E-state index contributed by atoms with van der Waals surface area (Å²) in [6.07, 6.45) is 5.13. The van der Waals surface area contributed by atoms with Crippen LogP contribution < -0.4 is 9.62 Å². The molecule has 1 aliphatic rings. The van der Waals surface area contributed by atoms with E-state index in [1.807, 2.05) is 60.7 Å². The predicted octanol–water partition coefficient (Wildman–Crippen LogP) is 6.76. The molecule has 0 bridgehead atoms. The second-order valence-electron chi connectivity index (χ2n) is 11.5. The van der Waals surface area contributed by atoms with Gasteiger partial charge >= 0.3 is 0 Å². The lowest BCUT2D eigenvalue weighted by molar-refractivity contribution is -0.140. The molecule has 0 unspecified atom stereocenters. The number of hydrogen-bond acceptors (Lipinski definition) is 4. The number of benzene rings is 4. The Balaban J connectivity index is 1.56. The fourth-order valence-corrected chi connectivity index (χ4v) is 7.37. The summed E-state index contributed by atoms with van der Waals surface area (Å²) < 4.78 is 43.2. The summed E-state index contributed by atoms with van der Waals surface area (Å²) >= 11 is 6.09. The van der Waals surface area contributed by atoms with Crippen molar-refractivity contribution in [1.82, 2.24) is 10.2 Å². The number of sulfonamides is 1. The van der Waals surface area contributed by atoms with Crippen LogP contribution in [0.4, 0.5) is 10.1 Å². The Labute approximate surface area is 275 Å². The van der Waals surface area contributed by atoms with Crippen LogP contribution in [0, 0.1) is 5.82 Å². The van der Waals surface area contributed by atoms with Crippen LogP contribution in [0.5, 0.6) is 0 Å². The van der Waals surface area contributed by atoms with Crippen LogP contribution in [0.3, 0.4) is 0 Å². The van der Waals surface area contributed by atoms with Gasteiger partial charge in [-0.15, -0.1) is 0 Å². The monoisotopic (exact) mass is 661 g/mol. The zero-order valence-electron chi connectivity index (χ0n) is 25.4. The van der Waals surface area contributed by atoms with Gasteiger partial charge in [0.15, 0.2) is 0 Å². The summed E-state index contributed by atoms with van der Waals surface area (Å²) in [5.41, 5.74) is 1.66. The summed E-state index contributed by atoms with van der Waals surface area (Å²) in [7, 11) is -4.31. The smallest absolute Gasteiger partial charge is 0.264 e. The van der Waals surface area contributed by atoms with Crippen LogP contribution in [0.15, 0.2) is 114 Å². The number of carbonyl (C=O) groups is 2. The fourth-order valence-electron chi connectivity index (χ4n) is 5.77. The topological polar surface area (TPSA) is 86.8 Å². The van der Waals surface area contributed by atoms with Crippen LogP contribution in [0.25, 0.3) is 0 Å². The molecule has 0 aliphatic heterocycles. The minimum Gasteiger partial charge on any atom is -0.352 e. The molecule has 1 atom stereocenters. The van der Waals surface area contributed by atoms with E-state index >= 15 is 0 Å². The van der Waals surface area contributed by atoms with Crippen molar-refractivity contribution in [2.24, 2.45) is 0 Å². The Morgan fingerprint density at radius 1 is 0.826 bits per heavy atom. The molecular formula is C36H37ClFN3O4S. The van der Waals surface area contributed by atoms with E-state index in [2.05, 4.69) is 5.32 Å². The van der Waals surface area contributed by atoms with Crippen molar-refractivity contribution in [2.45, 2.75) is 62.0 Å². The Kier molecular flexibility index (Phi) is 11.1. The van der Waals surface area contributed by atoms with E-state index in [0.29, 0.717) is 0 Å². The van der Waals surface area contributed by atoms with Crippen LogP contribution in [0.1, 0.15) is 43.2 Å². The van der Waals surface area contributed by atoms with Gasteiger partial charge in [-0.25, -0.2) is 12.8 Å². The molecule has 46 heavy (non-hydrogen) atoms. The number of nitrogens with one attached hydrogen (secondary N) is 1. The molecule has 1 saturated carbocycles. The molecule has 240 valence electrons. The Bertz CT molecular complexity index is 1720. The van der Waals surface area contributed by atoms with Gasteiger partial charge in [0.1, 0.15) is 18.4 Å². The maximum absolute atomic E-state index is 14.5. The first-order valence-electron chi connectivity index (χ1n) is 15.4. The third kappa shape index (κ3) is 8.33. The van der Waals surface area contributed by atoms with E-state index in [1.165, 1.54) is 29.2 Å². The van der Waals surface area contributed by atoms with E-state index in [0.717, 1.165) is 53.6 Å². The lowest BCUT2D eigenvalue weighted by atomic mass is 9.94. The molecule has 4 aromatic carbocycles. The van der Waals surface area contributed by atoms with Crippen molar-refractivity contribution in [2.75, 3.05) is 10.8 Å². The molecule has 4 aromatic rings. The highest BCUT2D eigenvalue weighted by molar-refractivity contribution is 7.92. The lowest BCUT2D eigenvalue weighted by Crippen LogP contribution is -2.55. The molecule has 0 aromatic heterocycles. The number of halogens is 2. The Morgan fingerprint density at radius 2 is 1.41 bits per heavy atom. The maximum atomic E-state index is 14.5. The van der Waals surface area contributed by atoms with E-state index in [-0.39, 0.29) is 40.5 Å². The highest BCUT2D eigenvalue weighted by Crippen LogP contribution is 2.29. The van der Waals surface area contributed by atoms with Gasteiger partial charge in [0.05, 0.1) is 15.6 Å². The Morgan fingerprint density at radius 3 is 2.02 bits per heavy atom. The van der Waals surface area contributed by atoms with Crippen LogP contribution in [0.2, 0.25) is 5.02 Å². The largest absolute Gasteiger partial charge is 0.352 e. The molecule has 0 saturated heterocycles. The van der Waals surface area contributed by atoms with Gasteiger partial charge in [0.25, 0.3) is 10.0 Å². The van der Waals surface area contributed by atoms with Gasteiger partial charge in [-0.2, -0.15) is 0 Å². The SMILES string of the molecule is O=C(NC1CCCCC1)[C@@H](Cc1ccccc1)N(Cc1ccccc1)C(=O)CN(c1ccc(F)c(Cl)c1)S(=O)(=O)c1ccccc1. The van der Waals surface area contributed by atoms with Crippen molar-refractivity contribution < 1.29 is 22.4 Å². The summed E-state index contributed by atoms with van der Waals surface area (Å²) in [4.78, 5) is 30.0. The van der Waals surface area contributed by atoms with Gasteiger partial charge in [-0.05, 0) is 54.3 Å². The molecule has 1 fully saturated rings. The normalized spacial score (nSPS) is 14.3. The van der Waals surface area contributed by atoms with Crippen molar-refractivity contribution in [1.29, 1.82) is 0 Å². The van der Waals surface area contributed by atoms with E-state index in [1.54, 1.807) is 18.2 Å². The number of hydrogen-bond donors (Lipinski definition) is 1. The third-order valence-electron chi connectivity index (χ3n) is 8.22. The first-order valence-corrected chi connectivity index (χ1v) is 17.2.